The fourth-order valence-electron chi connectivity index (χ4n) is 3.48. The molecule has 1 N–H and O–H groups in total. The normalized spacial score (nSPS) is 17.1. The SMILES string of the molecule is CC(C)c1ccc(C(=O)O[C@H](C)C(=O)N[C@H]2CCCc3ccccc32)cc1. The van der Waals surface area contributed by atoms with Crippen molar-refractivity contribution in [3.05, 3.63) is 70.8 Å². The molecule has 0 fully saturated rings. The number of hydrogen-bond donors (Lipinski definition) is 1. The first-order valence-corrected chi connectivity index (χ1v) is 9.65. The maximum absolute atomic E-state index is 12.5. The zero-order valence-corrected chi connectivity index (χ0v) is 16.2. The number of hydrogen-bond acceptors (Lipinski definition) is 3. The number of rotatable bonds is 5. The van der Waals surface area contributed by atoms with E-state index >= 15 is 0 Å². The van der Waals surface area contributed by atoms with Gasteiger partial charge in [0.05, 0.1) is 11.6 Å². The van der Waals surface area contributed by atoms with Crippen LogP contribution in [0, 0.1) is 0 Å². The van der Waals surface area contributed by atoms with E-state index in [4.69, 9.17) is 4.74 Å². The van der Waals surface area contributed by atoms with E-state index in [1.807, 2.05) is 24.3 Å². The van der Waals surface area contributed by atoms with Crippen LogP contribution in [-0.4, -0.2) is 18.0 Å². The molecule has 0 spiro atoms. The molecule has 27 heavy (non-hydrogen) atoms. The molecule has 0 bridgehead atoms. The summed E-state index contributed by atoms with van der Waals surface area (Å²) in [6.07, 6.45) is 2.15. The van der Waals surface area contributed by atoms with Crippen LogP contribution in [0.5, 0.6) is 0 Å². The van der Waals surface area contributed by atoms with E-state index in [0.29, 0.717) is 11.5 Å². The fourth-order valence-corrected chi connectivity index (χ4v) is 3.48. The quantitative estimate of drug-likeness (QED) is 0.791. The van der Waals surface area contributed by atoms with Crippen molar-refractivity contribution in [3.8, 4) is 0 Å². The lowest BCUT2D eigenvalue weighted by atomic mass is 9.87. The van der Waals surface area contributed by atoms with Crippen LogP contribution >= 0.6 is 0 Å². The van der Waals surface area contributed by atoms with Gasteiger partial charge in [-0.25, -0.2) is 4.79 Å². The van der Waals surface area contributed by atoms with E-state index in [0.717, 1.165) is 24.8 Å². The Labute approximate surface area is 160 Å². The second-order valence-corrected chi connectivity index (χ2v) is 7.48. The molecule has 2 aromatic carbocycles. The molecule has 0 aliphatic heterocycles. The van der Waals surface area contributed by atoms with E-state index < -0.39 is 12.1 Å². The lowest BCUT2D eigenvalue weighted by molar-refractivity contribution is -0.130. The molecule has 0 saturated carbocycles. The molecule has 1 amide bonds. The number of nitrogens with one attached hydrogen (secondary N) is 1. The third kappa shape index (κ3) is 4.57. The van der Waals surface area contributed by atoms with Gasteiger partial charge in [-0.2, -0.15) is 0 Å². The third-order valence-electron chi connectivity index (χ3n) is 5.15. The number of esters is 1. The Morgan fingerprint density at radius 2 is 1.74 bits per heavy atom. The summed E-state index contributed by atoms with van der Waals surface area (Å²) in [5.74, 6) is -0.334. The summed E-state index contributed by atoms with van der Waals surface area (Å²) >= 11 is 0. The van der Waals surface area contributed by atoms with Gasteiger partial charge in [0.15, 0.2) is 6.10 Å². The Hall–Kier alpha value is -2.62. The van der Waals surface area contributed by atoms with Crippen LogP contribution in [-0.2, 0) is 16.0 Å². The summed E-state index contributed by atoms with van der Waals surface area (Å²) in [4.78, 5) is 24.9. The Bertz CT molecular complexity index is 811. The largest absolute Gasteiger partial charge is 0.449 e. The van der Waals surface area contributed by atoms with Crippen molar-refractivity contribution in [2.45, 2.75) is 58.1 Å². The van der Waals surface area contributed by atoms with Crippen LogP contribution in [0.2, 0.25) is 0 Å². The number of carbonyl (C=O) groups excluding carboxylic acids is 2. The van der Waals surface area contributed by atoms with Crippen molar-refractivity contribution in [2.75, 3.05) is 0 Å². The number of ether oxygens (including phenoxy) is 1. The van der Waals surface area contributed by atoms with E-state index in [9.17, 15) is 9.59 Å². The number of aryl methyl sites for hydroxylation is 1. The second kappa shape index (κ2) is 8.38. The van der Waals surface area contributed by atoms with Crippen molar-refractivity contribution in [1.29, 1.82) is 0 Å². The lowest BCUT2D eigenvalue weighted by Gasteiger charge is -2.27. The predicted octanol–water partition coefficient (Wildman–Crippen LogP) is 4.55. The molecule has 2 aromatic rings. The first-order valence-electron chi connectivity index (χ1n) is 9.65. The highest BCUT2D eigenvalue weighted by Crippen LogP contribution is 2.29. The van der Waals surface area contributed by atoms with Gasteiger partial charge in [0, 0.05) is 0 Å². The molecule has 142 valence electrons. The predicted molar refractivity (Wildman–Crippen MR) is 106 cm³/mol. The zero-order chi connectivity index (χ0) is 19.4. The summed E-state index contributed by atoms with van der Waals surface area (Å²) in [7, 11) is 0. The van der Waals surface area contributed by atoms with E-state index in [1.54, 1.807) is 19.1 Å². The summed E-state index contributed by atoms with van der Waals surface area (Å²) in [5, 5.41) is 3.04. The molecule has 0 heterocycles. The van der Waals surface area contributed by atoms with E-state index in [2.05, 4.69) is 31.3 Å². The topological polar surface area (TPSA) is 55.4 Å². The number of fused-ring (bicyclic) bond motifs is 1. The molecule has 3 rings (SSSR count). The molecular weight excluding hydrogens is 338 g/mol. The van der Waals surface area contributed by atoms with Crippen LogP contribution in [0.4, 0.5) is 0 Å². The van der Waals surface area contributed by atoms with Gasteiger partial charge in [-0.05, 0) is 60.9 Å². The zero-order valence-electron chi connectivity index (χ0n) is 16.2. The van der Waals surface area contributed by atoms with Gasteiger partial charge in [-0.1, -0.05) is 50.2 Å². The standard InChI is InChI=1S/C23H27NO3/c1-15(2)17-11-13-19(14-12-17)23(26)27-16(3)22(25)24-21-10-6-8-18-7-4-5-9-20(18)21/h4-5,7,9,11-16,21H,6,8,10H2,1-3H3,(H,24,25)/t16-,21+/m1/s1. The van der Waals surface area contributed by atoms with Gasteiger partial charge in [0.1, 0.15) is 0 Å². The molecule has 0 radical (unpaired) electrons. The Balaban J connectivity index is 1.60. The summed E-state index contributed by atoms with van der Waals surface area (Å²) in [6, 6.07) is 15.5. The number of carbonyl (C=O) groups is 2. The van der Waals surface area contributed by atoms with Gasteiger partial charge >= 0.3 is 5.97 Å². The van der Waals surface area contributed by atoms with Crippen LogP contribution in [0.15, 0.2) is 48.5 Å². The van der Waals surface area contributed by atoms with Crippen molar-refractivity contribution in [3.63, 3.8) is 0 Å². The fraction of sp³-hybridized carbons (Fsp3) is 0.391. The maximum Gasteiger partial charge on any atom is 0.338 e. The summed E-state index contributed by atoms with van der Waals surface area (Å²) < 4.78 is 5.38. The summed E-state index contributed by atoms with van der Waals surface area (Å²) in [6.45, 7) is 5.82. The number of amides is 1. The minimum Gasteiger partial charge on any atom is -0.449 e. The Kier molecular flexibility index (Phi) is 5.94. The highest BCUT2D eigenvalue weighted by Gasteiger charge is 2.25. The van der Waals surface area contributed by atoms with E-state index in [1.165, 1.54) is 11.1 Å². The van der Waals surface area contributed by atoms with Crippen LogP contribution in [0.3, 0.4) is 0 Å². The van der Waals surface area contributed by atoms with Crippen LogP contribution in [0.25, 0.3) is 0 Å². The lowest BCUT2D eigenvalue weighted by Crippen LogP contribution is -2.39. The molecule has 0 unspecified atom stereocenters. The van der Waals surface area contributed by atoms with Crippen molar-refractivity contribution < 1.29 is 14.3 Å². The third-order valence-corrected chi connectivity index (χ3v) is 5.15. The smallest absolute Gasteiger partial charge is 0.338 e. The van der Waals surface area contributed by atoms with Gasteiger partial charge in [-0.3, -0.25) is 4.79 Å². The maximum atomic E-state index is 12.5. The molecule has 1 aliphatic rings. The van der Waals surface area contributed by atoms with Crippen LogP contribution < -0.4 is 5.32 Å². The van der Waals surface area contributed by atoms with Gasteiger partial charge < -0.3 is 10.1 Å². The van der Waals surface area contributed by atoms with Gasteiger partial charge in [0.2, 0.25) is 0 Å². The average molecular weight is 365 g/mol. The molecule has 4 nitrogen and oxygen atoms in total. The average Bonchev–Trinajstić information content (AvgIpc) is 2.68. The van der Waals surface area contributed by atoms with E-state index in [-0.39, 0.29) is 11.9 Å². The minimum absolute atomic E-state index is 0.0195. The number of benzene rings is 2. The molecule has 2 atom stereocenters. The molecule has 0 saturated heterocycles. The second-order valence-electron chi connectivity index (χ2n) is 7.48. The highest BCUT2D eigenvalue weighted by molar-refractivity contribution is 5.92. The molecule has 0 aromatic heterocycles. The Morgan fingerprint density at radius 3 is 2.44 bits per heavy atom. The van der Waals surface area contributed by atoms with Crippen molar-refractivity contribution in [1.82, 2.24) is 5.32 Å². The molecule has 4 heteroatoms. The monoisotopic (exact) mass is 365 g/mol. The van der Waals surface area contributed by atoms with Crippen molar-refractivity contribution >= 4 is 11.9 Å². The summed E-state index contributed by atoms with van der Waals surface area (Å²) in [5.41, 5.74) is 4.07. The van der Waals surface area contributed by atoms with Crippen molar-refractivity contribution in [2.24, 2.45) is 0 Å². The van der Waals surface area contributed by atoms with Gasteiger partial charge in [-0.15, -0.1) is 0 Å². The minimum atomic E-state index is -0.837. The first kappa shape index (κ1) is 19.2. The highest BCUT2D eigenvalue weighted by atomic mass is 16.5. The van der Waals surface area contributed by atoms with Gasteiger partial charge in [0.25, 0.3) is 5.91 Å². The molecular formula is C23H27NO3. The Morgan fingerprint density at radius 1 is 1.04 bits per heavy atom. The molecule has 1 aliphatic carbocycles. The first-order chi connectivity index (χ1) is 13.0. The van der Waals surface area contributed by atoms with Crippen LogP contribution in [0.1, 0.15) is 72.6 Å².